The van der Waals surface area contributed by atoms with Gasteiger partial charge in [0.15, 0.2) is 17.7 Å². The molecule has 4 heterocycles. The molecular weight excluding hydrogens is 600 g/mol. The Morgan fingerprint density at radius 1 is 1.00 bits per heavy atom. The van der Waals surface area contributed by atoms with Gasteiger partial charge in [-0.15, -0.1) is 0 Å². The molecule has 4 aromatic rings. The molecule has 1 spiro atoms. The summed E-state index contributed by atoms with van der Waals surface area (Å²) in [4.78, 5) is 44.3. The van der Waals surface area contributed by atoms with E-state index in [1.54, 1.807) is 19.9 Å². The summed E-state index contributed by atoms with van der Waals surface area (Å²) < 4.78 is 13.1. The van der Waals surface area contributed by atoms with E-state index in [1.165, 1.54) is 0 Å². The minimum Gasteiger partial charge on any atom is -0.476 e. The summed E-state index contributed by atoms with van der Waals surface area (Å²) in [5, 5.41) is 30.3. The topological polar surface area (TPSA) is 163 Å². The lowest BCUT2D eigenvalue weighted by molar-refractivity contribution is -0.135. The third-order valence-electron chi connectivity index (χ3n) is 9.36. The Morgan fingerprint density at radius 2 is 1.77 bits per heavy atom. The van der Waals surface area contributed by atoms with Gasteiger partial charge in [0.05, 0.1) is 0 Å². The fraction of sp³-hybridized carbons (Fsp3) is 0.333. The number of nitrogens with one attached hydrogen (secondary N) is 3. The quantitative estimate of drug-likeness (QED) is 0.207. The number of aromatic nitrogens is 1. The summed E-state index contributed by atoms with van der Waals surface area (Å²) in [6, 6.07) is 19.3. The molecule has 3 aliphatic heterocycles. The van der Waals surface area contributed by atoms with Crippen molar-refractivity contribution in [2.75, 3.05) is 5.32 Å². The number of nitrogens with zero attached hydrogens (tertiary/aromatic N) is 1. The molecule has 3 unspecified atom stereocenters. The first-order chi connectivity index (χ1) is 22.5. The largest absolute Gasteiger partial charge is 0.476 e. The van der Waals surface area contributed by atoms with Crippen molar-refractivity contribution < 1.29 is 33.8 Å². The maximum absolute atomic E-state index is 13.8. The third kappa shape index (κ3) is 4.75. The lowest BCUT2D eigenvalue weighted by Gasteiger charge is -2.29. The molecule has 0 saturated carbocycles. The molecule has 11 heteroatoms. The van der Waals surface area contributed by atoms with E-state index in [0.29, 0.717) is 16.9 Å². The third-order valence-corrected chi connectivity index (χ3v) is 9.36. The molecule has 0 radical (unpaired) electrons. The van der Waals surface area contributed by atoms with Crippen LogP contribution in [0.1, 0.15) is 72.6 Å². The predicted molar refractivity (Wildman–Crippen MR) is 172 cm³/mol. The number of rotatable bonds is 6. The molecule has 7 rings (SSSR count). The van der Waals surface area contributed by atoms with Crippen LogP contribution in [0.15, 0.2) is 71.1 Å². The summed E-state index contributed by atoms with van der Waals surface area (Å²) in [6.45, 7) is 7.15. The minimum absolute atomic E-state index is 0.0269. The van der Waals surface area contributed by atoms with Crippen LogP contribution in [0.3, 0.4) is 0 Å². The van der Waals surface area contributed by atoms with Crippen molar-refractivity contribution in [3.8, 4) is 16.9 Å². The standard InChI is InChI=1S/C36H36N4O7/c1-17(2)26-33-39-28(34(44)45)30(47-33)36-22-12-8-11-21(20-9-6-5-7-10-20)27(22)40-35(36)46-25-14-13-19(15-23(25)36)16-24(31(42)38-26)37-32(43)29(41)18(3)4/h5-15,17-18,24,26,29,35,40-41H,16H2,1-4H3,(H,37,43)(H,38,42)(H,44,45)/t24-,26-,29?,35?,36?/m0/s1. The Labute approximate surface area is 271 Å². The van der Waals surface area contributed by atoms with Gasteiger partial charge in [0.2, 0.25) is 17.7 Å². The van der Waals surface area contributed by atoms with Gasteiger partial charge in [-0.2, -0.15) is 0 Å². The van der Waals surface area contributed by atoms with Crippen molar-refractivity contribution in [2.45, 2.75) is 63.9 Å². The maximum atomic E-state index is 13.8. The van der Waals surface area contributed by atoms with Crippen LogP contribution in [0.5, 0.6) is 5.75 Å². The van der Waals surface area contributed by atoms with Gasteiger partial charge in [0, 0.05) is 28.8 Å². The van der Waals surface area contributed by atoms with Crippen molar-refractivity contribution in [3.05, 3.63) is 101 Å². The maximum Gasteiger partial charge on any atom is 0.358 e. The predicted octanol–water partition coefficient (Wildman–Crippen LogP) is 4.39. The molecule has 0 saturated heterocycles. The number of benzene rings is 3. The second-order valence-electron chi connectivity index (χ2n) is 13.1. The van der Waals surface area contributed by atoms with E-state index < -0.39 is 47.6 Å². The molecule has 3 aliphatic rings. The zero-order valence-corrected chi connectivity index (χ0v) is 26.4. The summed E-state index contributed by atoms with van der Waals surface area (Å²) in [7, 11) is 0. The molecule has 242 valence electrons. The number of hydrogen-bond donors (Lipinski definition) is 5. The second kappa shape index (κ2) is 11.3. The van der Waals surface area contributed by atoms with Crippen LogP contribution in [-0.4, -0.2) is 51.4 Å². The number of carbonyl (C=O) groups is 3. The zero-order valence-electron chi connectivity index (χ0n) is 26.4. The smallest absolute Gasteiger partial charge is 0.358 e. The molecule has 0 aliphatic carbocycles. The highest BCUT2D eigenvalue weighted by Gasteiger charge is 2.61. The van der Waals surface area contributed by atoms with Crippen molar-refractivity contribution in [1.29, 1.82) is 0 Å². The highest BCUT2D eigenvalue weighted by atomic mass is 16.5. The number of ether oxygens (including phenoxy) is 1. The highest BCUT2D eigenvalue weighted by Crippen LogP contribution is 2.60. The van der Waals surface area contributed by atoms with Crippen molar-refractivity contribution >= 4 is 23.5 Å². The number of carboxylic acid groups (broad SMARTS) is 1. The molecule has 3 aromatic carbocycles. The molecule has 47 heavy (non-hydrogen) atoms. The van der Waals surface area contributed by atoms with Crippen molar-refractivity contribution in [1.82, 2.24) is 15.6 Å². The average molecular weight is 637 g/mol. The van der Waals surface area contributed by atoms with Gasteiger partial charge in [-0.25, -0.2) is 9.78 Å². The Bertz CT molecular complexity index is 1900. The number of anilines is 1. The number of aliphatic hydroxyl groups excluding tert-OH is 1. The van der Waals surface area contributed by atoms with E-state index in [4.69, 9.17) is 9.15 Å². The van der Waals surface area contributed by atoms with E-state index in [-0.39, 0.29) is 35.6 Å². The van der Waals surface area contributed by atoms with Gasteiger partial charge in [0.25, 0.3) is 0 Å². The van der Waals surface area contributed by atoms with E-state index in [9.17, 15) is 24.6 Å². The first-order valence-electron chi connectivity index (χ1n) is 15.8. The van der Waals surface area contributed by atoms with E-state index >= 15 is 0 Å². The van der Waals surface area contributed by atoms with Gasteiger partial charge in [-0.1, -0.05) is 88.4 Å². The van der Waals surface area contributed by atoms with Crippen LogP contribution in [0, 0.1) is 11.8 Å². The molecule has 4 bridgehead atoms. The number of oxazole rings is 1. The molecule has 1 aromatic heterocycles. The number of aliphatic hydroxyl groups is 1. The number of carbonyl (C=O) groups excluding carboxylic acids is 2. The Balaban J connectivity index is 1.48. The minimum atomic E-state index is -1.31. The normalized spacial score (nSPS) is 23.0. The fourth-order valence-electron chi connectivity index (χ4n) is 6.94. The van der Waals surface area contributed by atoms with Gasteiger partial charge < -0.3 is 35.3 Å². The summed E-state index contributed by atoms with van der Waals surface area (Å²) in [5.41, 5.74) is 3.22. The van der Waals surface area contributed by atoms with Crippen LogP contribution >= 0.6 is 0 Å². The summed E-state index contributed by atoms with van der Waals surface area (Å²) in [6.07, 6.45) is -1.99. The number of carboxylic acids is 1. The van der Waals surface area contributed by atoms with Crippen LogP contribution in [0.25, 0.3) is 11.1 Å². The number of amides is 2. The monoisotopic (exact) mass is 636 g/mol. The SMILES string of the molecule is CC(C)C(O)C(=O)N[C@H]1Cc2ccc3c(c2)C2(c4cccc(-c5ccccc5)c4NC2O3)c2oc(nc2C(=O)O)[C@H](C(C)C)NC1=O. The summed E-state index contributed by atoms with van der Waals surface area (Å²) >= 11 is 0. The van der Waals surface area contributed by atoms with E-state index in [0.717, 1.165) is 22.4 Å². The van der Waals surface area contributed by atoms with Crippen molar-refractivity contribution in [2.24, 2.45) is 11.8 Å². The molecule has 5 atom stereocenters. The Morgan fingerprint density at radius 3 is 2.47 bits per heavy atom. The fourth-order valence-corrected chi connectivity index (χ4v) is 6.94. The molecular formula is C36H36N4O7. The molecule has 11 nitrogen and oxygen atoms in total. The van der Waals surface area contributed by atoms with Crippen molar-refractivity contribution in [3.63, 3.8) is 0 Å². The number of hydrogen-bond acceptors (Lipinski definition) is 8. The van der Waals surface area contributed by atoms with Crippen LogP contribution in [0.4, 0.5) is 5.69 Å². The Hall–Kier alpha value is -5.16. The first-order valence-corrected chi connectivity index (χ1v) is 15.8. The van der Waals surface area contributed by atoms with E-state index in [2.05, 4.69) is 20.9 Å². The van der Waals surface area contributed by atoms with Gasteiger partial charge in [-0.3, -0.25) is 9.59 Å². The number of aromatic carboxylic acids is 1. The molecule has 5 N–H and O–H groups in total. The summed E-state index contributed by atoms with van der Waals surface area (Å²) in [5.74, 6) is -2.45. The Kier molecular flexibility index (Phi) is 7.31. The molecule has 0 fully saturated rings. The lowest BCUT2D eigenvalue weighted by Crippen LogP contribution is -2.52. The number of para-hydroxylation sites is 1. The van der Waals surface area contributed by atoms with Crippen LogP contribution in [-0.2, 0) is 21.4 Å². The first kappa shape index (κ1) is 30.5. The van der Waals surface area contributed by atoms with Crippen LogP contribution < -0.4 is 20.7 Å². The van der Waals surface area contributed by atoms with Gasteiger partial charge in [0.1, 0.15) is 29.4 Å². The molecule has 2 amide bonds. The van der Waals surface area contributed by atoms with Gasteiger partial charge in [-0.05, 0) is 29.0 Å². The number of fused-ring (bicyclic) bond motifs is 4. The van der Waals surface area contributed by atoms with E-state index in [1.807, 2.05) is 74.5 Å². The average Bonchev–Trinajstić information content (AvgIpc) is 3.72. The highest BCUT2D eigenvalue weighted by molar-refractivity contribution is 5.92. The van der Waals surface area contributed by atoms with Crippen LogP contribution in [0.2, 0.25) is 0 Å². The second-order valence-corrected chi connectivity index (χ2v) is 13.1. The van der Waals surface area contributed by atoms with Gasteiger partial charge >= 0.3 is 5.97 Å². The lowest BCUT2D eigenvalue weighted by atomic mass is 9.72. The zero-order chi connectivity index (χ0) is 33.2.